The standard InChI is InChI=1S/C30H25F6NO5S/c31-19-15-24(29(33)26(32)16-19)23-7-4-18-14-20(38)5-8-22(18)28(23)25-17-21(41-13-12-37-10-2-1-3-11-37)6-9-27(25)42-43(39,40)30(34,35)36/h4-9,14-17,38H,1-3,10-13H2. The van der Waals surface area contributed by atoms with Crippen molar-refractivity contribution in [1.82, 2.24) is 4.90 Å². The fraction of sp³-hybridized carbons (Fsp3) is 0.267. The number of hydrogen-bond donors (Lipinski definition) is 1. The third-order valence-electron chi connectivity index (χ3n) is 7.11. The molecule has 0 amide bonds. The summed E-state index contributed by atoms with van der Waals surface area (Å²) in [6, 6.07) is 11.0. The minimum absolute atomic E-state index is 0.116. The molecule has 4 aromatic carbocycles. The molecule has 4 aromatic rings. The molecule has 0 atom stereocenters. The summed E-state index contributed by atoms with van der Waals surface area (Å²) < 4.78 is 118. The van der Waals surface area contributed by atoms with Gasteiger partial charge in [-0.3, -0.25) is 4.90 Å². The monoisotopic (exact) mass is 625 g/mol. The first kappa shape index (κ1) is 30.5. The van der Waals surface area contributed by atoms with Crippen molar-refractivity contribution < 1.29 is 48.8 Å². The summed E-state index contributed by atoms with van der Waals surface area (Å²) >= 11 is 0. The van der Waals surface area contributed by atoms with Crippen molar-refractivity contribution in [1.29, 1.82) is 0 Å². The molecule has 1 aliphatic rings. The van der Waals surface area contributed by atoms with E-state index in [0.717, 1.165) is 38.4 Å². The second-order valence-corrected chi connectivity index (χ2v) is 11.6. The van der Waals surface area contributed by atoms with Crippen LogP contribution in [0.25, 0.3) is 33.0 Å². The zero-order valence-corrected chi connectivity index (χ0v) is 23.2. The molecular weight excluding hydrogens is 600 g/mol. The van der Waals surface area contributed by atoms with E-state index < -0.39 is 44.4 Å². The van der Waals surface area contributed by atoms with Gasteiger partial charge in [-0.25, -0.2) is 13.2 Å². The van der Waals surface area contributed by atoms with Gasteiger partial charge >= 0.3 is 15.6 Å². The minimum Gasteiger partial charge on any atom is -0.508 e. The number of halogens is 6. The van der Waals surface area contributed by atoms with Crippen LogP contribution < -0.4 is 8.92 Å². The Balaban J connectivity index is 1.71. The largest absolute Gasteiger partial charge is 0.534 e. The van der Waals surface area contributed by atoms with Gasteiger partial charge in [0.25, 0.3) is 0 Å². The van der Waals surface area contributed by atoms with Gasteiger partial charge in [-0.1, -0.05) is 24.6 Å². The quantitative estimate of drug-likeness (QED) is 0.0953. The summed E-state index contributed by atoms with van der Waals surface area (Å²) in [5.74, 6) is -4.94. The normalized spacial score (nSPS) is 14.7. The van der Waals surface area contributed by atoms with Crippen LogP contribution in [0.1, 0.15) is 19.3 Å². The summed E-state index contributed by atoms with van der Waals surface area (Å²) in [5.41, 5.74) is -6.95. The zero-order valence-electron chi connectivity index (χ0n) is 22.4. The van der Waals surface area contributed by atoms with E-state index in [9.17, 15) is 35.5 Å². The van der Waals surface area contributed by atoms with Crippen molar-refractivity contribution in [3.63, 3.8) is 0 Å². The number of likely N-dealkylation sites (tertiary alicyclic amines) is 1. The van der Waals surface area contributed by atoms with Crippen molar-refractivity contribution in [3.05, 3.63) is 78.1 Å². The number of phenols is 1. The molecular formula is C30H25F6NO5S. The van der Waals surface area contributed by atoms with Gasteiger partial charge < -0.3 is 14.0 Å². The Morgan fingerprint density at radius 2 is 1.58 bits per heavy atom. The fourth-order valence-corrected chi connectivity index (χ4v) is 5.57. The highest BCUT2D eigenvalue weighted by Crippen LogP contribution is 2.46. The number of benzene rings is 4. The van der Waals surface area contributed by atoms with Gasteiger partial charge in [-0.15, -0.1) is 0 Å². The summed E-state index contributed by atoms with van der Waals surface area (Å²) in [6.07, 6.45) is 3.21. The van der Waals surface area contributed by atoms with Crippen LogP contribution in [0.15, 0.2) is 60.7 Å². The summed E-state index contributed by atoms with van der Waals surface area (Å²) in [5, 5.41) is 10.5. The highest BCUT2D eigenvalue weighted by Gasteiger charge is 2.49. The zero-order chi connectivity index (χ0) is 30.9. The van der Waals surface area contributed by atoms with Crippen LogP contribution in [0, 0.1) is 17.5 Å². The predicted octanol–water partition coefficient (Wildman–Crippen LogP) is 7.39. The molecule has 1 saturated heterocycles. The minimum atomic E-state index is -6.17. The van der Waals surface area contributed by atoms with E-state index in [1.54, 1.807) is 0 Å². The van der Waals surface area contributed by atoms with Crippen LogP contribution in [0.5, 0.6) is 17.2 Å². The second kappa shape index (κ2) is 12.0. The van der Waals surface area contributed by atoms with Crippen molar-refractivity contribution in [3.8, 4) is 39.5 Å². The molecule has 5 rings (SSSR count). The molecule has 1 aliphatic heterocycles. The lowest BCUT2D eigenvalue weighted by molar-refractivity contribution is -0.0499. The van der Waals surface area contributed by atoms with E-state index in [2.05, 4.69) is 9.08 Å². The van der Waals surface area contributed by atoms with E-state index in [0.29, 0.717) is 24.1 Å². The topological polar surface area (TPSA) is 76.1 Å². The maximum Gasteiger partial charge on any atom is 0.534 e. The number of rotatable bonds is 8. The Morgan fingerprint density at radius 1 is 0.837 bits per heavy atom. The van der Waals surface area contributed by atoms with Crippen LogP contribution in [-0.4, -0.2) is 50.2 Å². The molecule has 1 N–H and O–H groups in total. The van der Waals surface area contributed by atoms with Gasteiger partial charge in [0.2, 0.25) is 0 Å². The van der Waals surface area contributed by atoms with Gasteiger partial charge in [0, 0.05) is 29.3 Å². The van der Waals surface area contributed by atoms with Gasteiger partial charge in [-0.2, -0.15) is 21.6 Å². The average molecular weight is 626 g/mol. The molecule has 0 aliphatic carbocycles. The fourth-order valence-electron chi connectivity index (χ4n) is 5.09. The lowest BCUT2D eigenvalue weighted by Crippen LogP contribution is -2.33. The van der Waals surface area contributed by atoms with Crippen molar-refractivity contribution in [2.75, 3.05) is 26.2 Å². The third kappa shape index (κ3) is 6.52. The Kier molecular flexibility index (Phi) is 8.48. The summed E-state index contributed by atoms with van der Waals surface area (Å²) in [6.45, 7) is 2.53. The first-order valence-corrected chi connectivity index (χ1v) is 14.7. The van der Waals surface area contributed by atoms with Crippen molar-refractivity contribution in [2.24, 2.45) is 0 Å². The smallest absolute Gasteiger partial charge is 0.508 e. The first-order valence-electron chi connectivity index (χ1n) is 13.2. The molecule has 228 valence electrons. The molecule has 0 bridgehead atoms. The SMILES string of the molecule is O=S(=O)(Oc1ccc(OCCN2CCCCC2)cc1-c1c(-c2cc(F)cc(F)c2F)ccc2cc(O)ccc12)C(F)(F)F. The first-order chi connectivity index (χ1) is 20.3. The predicted molar refractivity (Wildman–Crippen MR) is 148 cm³/mol. The highest BCUT2D eigenvalue weighted by molar-refractivity contribution is 7.88. The number of nitrogens with zero attached hydrogens (tertiary/aromatic N) is 1. The van der Waals surface area contributed by atoms with E-state index in [4.69, 9.17) is 4.74 Å². The molecule has 0 aromatic heterocycles. The number of phenolic OH excluding ortho intramolecular Hbond substituents is 1. The Labute approximate surface area is 243 Å². The molecule has 0 radical (unpaired) electrons. The molecule has 43 heavy (non-hydrogen) atoms. The highest BCUT2D eigenvalue weighted by atomic mass is 32.2. The van der Waals surface area contributed by atoms with Gasteiger partial charge in [0.15, 0.2) is 17.4 Å². The number of fused-ring (bicyclic) bond motifs is 1. The molecule has 0 unspecified atom stereocenters. The molecule has 0 spiro atoms. The average Bonchev–Trinajstić information content (AvgIpc) is 2.95. The number of hydrogen-bond acceptors (Lipinski definition) is 6. The van der Waals surface area contributed by atoms with E-state index in [1.807, 2.05) is 0 Å². The molecule has 0 saturated carbocycles. The number of piperidine rings is 1. The van der Waals surface area contributed by atoms with E-state index in [1.165, 1.54) is 42.5 Å². The van der Waals surface area contributed by atoms with E-state index >= 15 is 4.39 Å². The summed E-state index contributed by atoms with van der Waals surface area (Å²) in [7, 11) is -6.17. The molecule has 6 nitrogen and oxygen atoms in total. The van der Waals surface area contributed by atoms with Gasteiger partial charge in [0.05, 0.1) is 0 Å². The summed E-state index contributed by atoms with van der Waals surface area (Å²) in [4.78, 5) is 2.19. The van der Waals surface area contributed by atoms with Crippen LogP contribution >= 0.6 is 0 Å². The lowest BCUT2D eigenvalue weighted by atomic mass is 9.89. The number of ether oxygens (including phenoxy) is 1. The van der Waals surface area contributed by atoms with Crippen molar-refractivity contribution in [2.45, 2.75) is 24.8 Å². The Morgan fingerprint density at radius 3 is 2.30 bits per heavy atom. The van der Waals surface area contributed by atoms with Crippen LogP contribution in [-0.2, 0) is 10.1 Å². The van der Waals surface area contributed by atoms with Crippen LogP contribution in [0.3, 0.4) is 0 Å². The lowest BCUT2D eigenvalue weighted by Gasteiger charge is -2.26. The van der Waals surface area contributed by atoms with E-state index in [-0.39, 0.29) is 40.2 Å². The Hall–Kier alpha value is -3.97. The number of aromatic hydroxyl groups is 1. The van der Waals surface area contributed by atoms with Crippen molar-refractivity contribution >= 4 is 20.9 Å². The second-order valence-electron chi connectivity index (χ2n) is 10.0. The van der Waals surface area contributed by atoms with Gasteiger partial charge in [0.1, 0.15) is 23.9 Å². The maximum absolute atomic E-state index is 15.1. The van der Waals surface area contributed by atoms with Gasteiger partial charge in [-0.05, 0) is 78.7 Å². The maximum atomic E-state index is 15.1. The molecule has 1 fully saturated rings. The third-order valence-corrected chi connectivity index (χ3v) is 8.08. The number of alkyl halides is 3. The van der Waals surface area contributed by atoms with Crippen LogP contribution in [0.2, 0.25) is 0 Å². The molecule has 13 heteroatoms. The van der Waals surface area contributed by atoms with Crippen LogP contribution in [0.4, 0.5) is 26.3 Å². The Bertz CT molecular complexity index is 1770. The molecule has 1 heterocycles.